The van der Waals surface area contributed by atoms with Gasteiger partial charge in [-0.05, 0) is 64.0 Å². The summed E-state index contributed by atoms with van der Waals surface area (Å²) in [7, 11) is 2.16. The maximum absolute atomic E-state index is 12.1. The van der Waals surface area contributed by atoms with Crippen molar-refractivity contribution in [3.63, 3.8) is 0 Å². The van der Waals surface area contributed by atoms with Crippen molar-refractivity contribution in [2.45, 2.75) is 64.0 Å². The molecule has 0 aromatic rings. The molecule has 0 aromatic heterocycles. The van der Waals surface area contributed by atoms with Gasteiger partial charge in [0.15, 0.2) is 0 Å². The van der Waals surface area contributed by atoms with E-state index in [9.17, 15) is 4.79 Å². The summed E-state index contributed by atoms with van der Waals surface area (Å²) in [5.74, 6) is 1.53. The van der Waals surface area contributed by atoms with E-state index in [0.717, 1.165) is 44.7 Å². The van der Waals surface area contributed by atoms with Gasteiger partial charge in [-0.25, -0.2) is 0 Å². The highest BCUT2D eigenvalue weighted by Crippen LogP contribution is 2.27. The van der Waals surface area contributed by atoms with E-state index in [-0.39, 0.29) is 5.91 Å². The summed E-state index contributed by atoms with van der Waals surface area (Å²) in [5.41, 5.74) is 5.92. The molecule has 20 heavy (non-hydrogen) atoms. The zero-order valence-corrected chi connectivity index (χ0v) is 13.1. The van der Waals surface area contributed by atoms with Crippen LogP contribution in [0.25, 0.3) is 0 Å². The SMILES string of the molecule is CC1CN(C)CCC1NC(=O)CCC1CCC(N)CC1. The van der Waals surface area contributed by atoms with Crippen molar-refractivity contribution < 1.29 is 4.79 Å². The van der Waals surface area contributed by atoms with E-state index in [1.807, 2.05) is 0 Å². The first-order chi connectivity index (χ1) is 9.54. The molecule has 116 valence electrons. The van der Waals surface area contributed by atoms with E-state index in [0.29, 0.717) is 24.4 Å². The molecule has 1 amide bonds. The van der Waals surface area contributed by atoms with Gasteiger partial charge in [0.25, 0.3) is 0 Å². The van der Waals surface area contributed by atoms with Gasteiger partial charge in [0.05, 0.1) is 0 Å². The van der Waals surface area contributed by atoms with E-state index in [4.69, 9.17) is 5.73 Å². The number of nitrogens with two attached hydrogens (primary N) is 1. The first-order valence-corrected chi connectivity index (χ1v) is 8.28. The zero-order chi connectivity index (χ0) is 14.5. The topological polar surface area (TPSA) is 58.4 Å². The van der Waals surface area contributed by atoms with E-state index >= 15 is 0 Å². The number of rotatable bonds is 4. The van der Waals surface area contributed by atoms with Crippen LogP contribution in [0.2, 0.25) is 0 Å². The van der Waals surface area contributed by atoms with Crippen molar-refractivity contribution in [3.8, 4) is 0 Å². The van der Waals surface area contributed by atoms with Crippen LogP contribution in [0.1, 0.15) is 51.9 Å². The van der Waals surface area contributed by atoms with Gasteiger partial charge < -0.3 is 16.0 Å². The third-order valence-corrected chi connectivity index (χ3v) is 5.13. The minimum atomic E-state index is 0.251. The predicted molar refractivity (Wildman–Crippen MR) is 82.4 cm³/mol. The van der Waals surface area contributed by atoms with Crippen LogP contribution in [-0.4, -0.2) is 43.0 Å². The number of hydrogen-bond donors (Lipinski definition) is 2. The number of hydrogen-bond acceptors (Lipinski definition) is 3. The standard InChI is InChI=1S/C16H31N3O/c1-12-11-19(2)10-9-15(12)18-16(20)8-5-13-3-6-14(17)7-4-13/h12-15H,3-11,17H2,1-2H3,(H,18,20). The minimum absolute atomic E-state index is 0.251. The summed E-state index contributed by atoms with van der Waals surface area (Å²) >= 11 is 0. The van der Waals surface area contributed by atoms with E-state index in [2.05, 4.69) is 24.2 Å². The Morgan fingerprint density at radius 1 is 1.25 bits per heavy atom. The fraction of sp³-hybridized carbons (Fsp3) is 0.938. The summed E-state index contributed by atoms with van der Waals surface area (Å²) < 4.78 is 0. The lowest BCUT2D eigenvalue weighted by Gasteiger charge is -2.35. The van der Waals surface area contributed by atoms with Crippen molar-refractivity contribution >= 4 is 5.91 Å². The molecule has 1 aliphatic heterocycles. The van der Waals surface area contributed by atoms with Crippen LogP contribution in [-0.2, 0) is 4.79 Å². The molecule has 0 radical (unpaired) electrons. The number of carbonyl (C=O) groups is 1. The highest BCUT2D eigenvalue weighted by Gasteiger charge is 2.26. The summed E-state index contributed by atoms with van der Waals surface area (Å²) in [6.07, 6.45) is 7.51. The van der Waals surface area contributed by atoms with Crippen molar-refractivity contribution in [3.05, 3.63) is 0 Å². The van der Waals surface area contributed by atoms with Gasteiger partial charge in [0.2, 0.25) is 5.91 Å². The van der Waals surface area contributed by atoms with Crippen LogP contribution >= 0.6 is 0 Å². The van der Waals surface area contributed by atoms with Crippen LogP contribution in [0.5, 0.6) is 0 Å². The van der Waals surface area contributed by atoms with Gasteiger partial charge in [0, 0.05) is 25.0 Å². The average molecular weight is 281 g/mol. The van der Waals surface area contributed by atoms with Crippen molar-refractivity contribution in [2.75, 3.05) is 20.1 Å². The molecule has 1 saturated heterocycles. The van der Waals surface area contributed by atoms with Crippen molar-refractivity contribution in [2.24, 2.45) is 17.6 Å². The second-order valence-corrected chi connectivity index (χ2v) is 7.02. The number of likely N-dealkylation sites (tertiary alicyclic amines) is 1. The summed E-state index contributed by atoms with van der Waals surface area (Å²) in [4.78, 5) is 14.4. The third-order valence-electron chi connectivity index (χ3n) is 5.13. The second-order valence-electron chi connectivity index (χ2n) is 7.02. The third kappa shape index (κ3) is 4.74. The summed E-state index contributed by atoms with van der Waals surface area (Å²) in [5, 5.41) is 3.25. The Labute approximate surface area is 123 Å². The predicted octanol–water partition coefficient (Wildman–Crippen LogP) is 1.74. The number of carbonyl (C=O) groups excluding carboxylic acids is 1. The second kappa shape index (κ2) is 7.41. The highest BCUT2D eigenvalue weighted by atomic mass is 16.1. The first kappa shape index (κ1) is 15.8. The number of piperidine rings is 1. The molecule has 1 heterocycles. The van der Waals surface area contributed by atoms with Gasteiger partial charge >= 0.3 is 0 Å². The average Bonchev–Trinajstić information content (AvgIpc) is 2.41. The smallest absolute Gasteiger partial charge is 0.220 e. The fourth-order valence-corrected chi connectivity index (χ4v) is 3.66. The summed E-state index contributed by atoms with van der Waals surface area (Å²) in [6.45, 7) is 4.42. The maximum Gasteiger partial charge on any atom is 0.220 e. The quantitative estimate of drug-likeness (QED) is 0.825. The van der Waals surface area contributed by atoms with Crippen LogP contribution in [0, 0.1) is 11.8 Å². The molecular formula is C16H31N3O. The molecule has 2 aliphatic rings. The van der Waals surface area contributed by atoms with Gasteiger partial charge in [-0.2, -0.15) is 0 Å². The molecule has 2 atom stereocenters. The minimum Gasteiger partial charge on any atom is -0.353 e. The molecule has 2 rings (SSSR count). The molecular weight excluding hydrogens is 250 g/mol. The van der Waals surface area contributed by atoms with Crippen LogP contribution in [0.15, 0.2) is 0 Å². The molecule has 0 bridgehead atoms. The van der Waals surface area contributed by atoms with E-state index in [1.165, 1.54) is 12.8 Å². The van der Waals surface area contributed by atoms with Crippen molar-refractivity contribution in [1.29, 1.82) is 0 Å². The molecule has 4 heteroatoms. The summed E-state index contributed by atoms with van der Waals surface area (Å²) in [6, 6.07) is 0.777. The van der Waals surface area contributed by atoms with E-state index < -0.39 is 0 Å². The first-order valence-electron chi connectivity index (χ1n) is 8.28. The Hall–Kier alpha value is -0.610. The zero-order valence-electron chi connectivity index (χ0n) is 13.1. The Morgan fingerprint density at radius 3 is 2.60 bits per heavy atom. The Morgan fingerprint density at radius 2 is 1.95 bits per heavy atom. The fourth-order valence-electron chi connectivity index (χ4n) is 3.66. The van der Waals surface area contributed by atoms with Gasteiger partial charge in [0.1, 0.15) is 0 Å². The normalized spacial score (nSPS) is 35.8. The largest absolute Gasteiger partial charge is 0.353 e. The Balaban J connectivity index is 1.65. The lowest BCUT2D eigenvalue weighted by molar-refractivity contribution is -0.122. The molecule has 1 saturated carbocycles. The monoisotopic (exact) mass is 281 g/mol. The molecule has 0 spiro atoms. The maximum atomic E-state index is 12.1. The van der Waals surface area contributed by atoms with E-state index in [1.54, 1.807) is 0 Å². The van der Waals surface area contributed by atoms with Gasteiger partial charge in [-0.15, -0.1) is 0 Å². The number of amides is 1. The molecule has 0 aromatic carbocycles. The Kier molecular flexibility index (Phi) is 5.85. The van der Waals surface area contributed by atoms with Crippen LogP contribution < -0.4 is 11.1 Å². The molecule has 4 nitrogen and oxygen atoms in total. The lowest BCUT2D eigenvalue weighted by atomic mass is 9.83. The van der Waals surface area contributed by atoms with Gasteiger partial charge in [-0.3, -0.25) is 4.79 Å². The number of nitrogens with one attached hydrogen (secondary N) is 1. The lowest BCUT2D eigenvalue weighted by Crippen LogP contribution is -2.48. The molecule has 2 fully saturated rings. The van der Waals surface area contributed by atoms with Crippen molar-refractivity contribution in [1.82, 2.24) is 10.2 Å². The number of nitrogens with zero attached hydrogens (tertiary/aromatic N) is 1. The molecule has 1 aliphatic carbocycles. The molecule has 3 N–H and O–H groups in total. The Bertz CT molecular complexity index is 313. The van der Waals surface area contributed by atoms with Crippen LogP contribution in [0.3, 0.4) is 0 Å². The highest BCUT2D eigenvalue weighted by molar-refractivity contribution is 5.76. The molecule has 2 unspecified atom stereocenters. The van der Waals surface area contributed by atoms with Crippen LogP contribution in [0.4, 0.5) is 0 Å². The van der Waals surface area contributed by atoms with Gasteiger partial charge in [-0.1, -0.05) is 6.92 Å².